The van der Waals surface area contributed by atoms with Gasteiger partial charge < -0.3 is 10.4 Å². The Morgan fingerprint density at radius 2 is 1.82 bits per heavy atom. The molecule has 6 heteroatoms. The third-order valence-corrected chi connectivity index (χ3v) is 3.31. The monoisotopic (exact) mass is 310 g/mol. The minimum atomic E-state index is -4.39. The lowest BCUT2D eigenvalue weighted by Crippen LogP contribution is -2.34. The first kappa shape index (κ1) is 16.5. The summed E-state index contributed by atoms with van der Waals surface area (Å²) in [6.07, 6.45) is -1.22. The molecule has 0 radical (unpaired) electrons. The minimum absolute atomic E-state index is 0.111. The van der Waals surface area contributed by atoms with Gasteiger partial charge in [0.2, 0.25) is 0 Å². The van der Waals surface area contributed by atoms with Crippen molar-refractivity contribution >= 4 is 0 Å². The fraction of sp³-hybridized carbons (Fsp3) is 0.312. The Labute approximate surface area is 126 Å². The molecule has 0 bridgehead atoms. The molecule has 1 heterocycles. The van der Waals surface area contributed by atoms with Gasteiger partial charge in [-0.05, 0) is 42.3 Å². The predicted molar refractivity (Wildman–Crippen MR) is 77.2 cm³/mol. The van der Waals surface area contributed by atoms with E-state index < -0.39 is 17.8 Å². The van der Waals surface area contributed by atoms with E-state index in [0.29, 0.717) is 5.56 Å². The molecule has 1 aromatic heterocycles. The number of pyridine rings is 1. The van der Waals surface area contributed by atoms with E-state index in [-0.39, 0.29) is 12.6 Å². The van der Waals surface area contributed by atoms with Crippen molar-refractivity contribution in [3.63, 3.8) is 0 Å². The minimum Gasteiger partial charge on any atom is -0.395 e. The molecule has 0 aliphatic rings. The molecular formula is C16H17F3N2O. The number of aliphatic hydroxyl groups is 1. The summed E-state index contributed by atoms with van der Waals surface area (Å²) in [5, 5.41) is 12.3. The van der Waals surface area contributed by atoms with Crippen LogP contribution >= 0.6 is 0 Å². The number of hydrogen-bond donors (Lipinski definition) is 2. The van der Waals surface area contributed by atoms with Gasteiger partial charge in [-0.3, -0.25) is 4.98 Å². The number of rotatable bonds is 5. The molecule has 2 N–H and O–H groups in total. The van der Waals surface area contributed by atoms with Crippen LogP contribution in [-0.4, -0.2) is 22.7 Å². The van der Waals surface area contributed by atoms with Gasteiger partial charge in [-0.25, -0.2) is 0 Å². The van der Waals surface area contributed by atoms with E-state index in [4.69, 9.17) is 0 Å². The van der Waals surface area contributed by atoms with Gasteiger partial charge in [0, 0.05) is 18.4 Å². The molecule has 2 rings (SSSR count). The quantitative estimate of drug-likeness (QED) is 0.891. The lowest BCUT2D eigenvalue weighted by Gasteiger charge is -2.24. The van der Waals surface area contributed by atoms with Crippen molar-refractivity contribution in [2.75, 3.05) is 6.61 Å². The second-order valence-corrected chi connectivity index (χ2v) is 5.09. The molecule has 22 heavy (non-hydrogen) atoms. The summed E-state index contributed by atoms with van der Waals surface area (Å²) in [5.41, 5.74) is 0.582. The van der Waals surface area contributed by atoms with E-state index in [9.17, 15) is 18.3 Å². The summed E-state index contributed by atoms with van der Waals surface area (Å²) < 4.78 is 38.7. The largest absolute Gasteiger partial charge is 0.416 e. The number of alkyl halides is 3. The molecule has 1 aromatic carbocycles. The molecule has 0 aliphatic heterocycles. The molecular weight excluding hydrogens is 293 g/mol. The normalized spacial score (nSPS) is 14.6. The van der Waals surface area contributed by atoms with E-state index in [1.807, 2.05) is 0 Å². The van der Waals surface area contributed by atoms with Crippen LogP contribution < -0.4 is 5.32 Å². The van der Waals surface area contributed by atoms with Gasteiger partial charge in [0.1, 0.15) is 0 Å². The average molecular weight is 310 g/mol. The van der Waals surface area contributed by atoms with Crippen molar-refractivity contribution in [3.8, 4) is 0 Å². The maximum absolute atomic E-state index is 12.9. The maximum Gasteiger partial charge on any atom is 0.416 e. The topological polar surface area (TPSA) is 45.1 Å². The van der Waals surface area contributed by atoms with Gasteiger partial charge in [-0.1, -0.05) is 12.1 Å². The molecule has 0 aliphatic carbocycles. The van der Waals surface area contributed by atoms with Gasteiger partial charge in [0.25, 0.3) is 0 Å². The van der Waals surface area contributed by atoms with Crippen molar-refractivity contribution in [1.82, 2.24) is 10.3 Å². The smallest absolute Gasteiger partial charge is 0.395 e. The first-order valence-electron chi connectivity index (χ1n) is 6.86. The zero-order chi connectivity index (χ0) is 16.2. The van der Waals surface area contributed by atoms with Crippen LogP contribution in [0.15, 0.2) is 48.8 Å². The SMILES string of the molecule is C[C@H](CO)NC(c1ccncc1)c1cccc(C(F)(F)F)c1. The molecule has 118 valence electrons. The summed E-state index contributed by atoms with van der Waals surface area (Å²) in [5.74, 6) is 0. The van der Waals surface area contributed by atoms with E-state index in [0.717, 1.165) is 17.7 Å². The molecule has 1 unspecified atom stereocenters. The van der Waals surface area contributed by atoms with Crippen LogP contribution in [0.2, 0.25) is 0 Å². The van der Waals surface area contributed by atoms with Gasteiger partial charge in [-0.2, -0.15) is 13.2 Å². The highest BCUT2D eigenvalue weighted by molar-refractivity contribution is 5.34. The third kappa shape index (κ3) is 4.05. The van der Waals surface area contributed by atoms with Crippen LogP contribution in [0.25, 0.3) is 0 Å². The Morgan fingerprint density at radius 3 is 2.41 bits per heavy atom. The van der Waals surface area contributed by atoms with Crippen LogP contribution in [0.4, 0.5) is 13.2 Å². The molecule has 0 spiro atoms. The van der Waals surface area contributed by atoms with Crippen molar-refractivity contribution in [2.24, 2.45) is 0 Å². The molecule has 0 fully saturated rings. The van der Waals surface area contributed by atoms with Crippen LogP contribution in [0.3, 0.4) is 0 Å². The fourth-order valence-electron chi connectivity index (χ4n) is 2.17. The highest BCUT2D eigenvalue weighted by Crippen LogP contribution is 2.32. The number of nitrogens with one attached hydrogen (secondary N) is 1. The Bertz CT molecular complexity index is 602. The summed E-state index contributed by atoms with van der Waals surface area (Å²) in [6.45, 7) is 1.66. The lowest BCUT2D eigenvalue weighted by atomic mass is 9.97. The first-order valence-corrected chi connectivity index (χ1v) is 6.86. The second kappa shape index (κ2) is 6.89. The maximum atomic E-state index is 12.9. The number of hydrogen-bond acceptors (Lipinski definition) is 3. The van der Waals surface area contributed by atoms with Crippen LogP contribution in [0.5, 0.6) is 0 Å². The van der Waals surface area contributed by atoms with E-state index in [1.165, 1.54) is 6.07 Å². The standard InChI is InChI=1S/C16H17F3N2O/c1-11(10-22)21-15(12-5-7-20-8-6-12)13-3-2-4-14(9-13)16(17,18)19/h2-9,11,15,21-22H,10H2,1H3/t11-,15?/m1/s1. The number of aliphatic hydroxyl groups excluding tert-OH is 1. The molecule has 0 amide bonds. The number of nitrogens with zero attached hydrogens (tertiary/aromatic N) is 1. The van der Waals surface area contributed by atoms with Gasteiger partial charge in [0.15, 0.2) is 0 Å². The van der Waals surface area contributed by atoms with Gasteiger partial charge in [0.05, 0.1) is 18.2 Å². The van der Waals surface area contributed by atoms with Gasteiger partial charge in [-0.15, -0.1) is 0 Å². The van der Waals surface area contributed by atoms with Crippen LogP contribution in [0, 0.1) is 0 Å². The lowest BCUT2D eigenvalue weighted by molar-refractivity contribution is -0.137. The number of benzene rings is 1. The number of halogens is 3. The Balaban J connectivity index is 2.41. The Kier molecular flexibility index (Phi) is 5.15. The first-order chi connectivity index (χ1) is 10.4. The summed E-state index contributed by atoms with van der Waals surface area (Å²) >= 11 is 0. The summed E-state index contributed by atoms with van der Waals surface area (Å²) in [6, 6.07) is 7.96. The van der Waals surface area contributed by atoms with Crippen molar-refractivity contribution in [2.45, 2.75) is 25.2 Å². The van der Waals surface area contributed by atoms with Crippen molar-refractivity contribution in [3.05, 3.63) is 65.5 Å². The Morgan fingerprint density at radius 1 is 1.14 bits per heavy atom. The predicted octanol–water partition coefficient (Wildman–Crippen LogP) is 3.16. The van der Waals surface area contributed by atoms with Crippen molar-refractivity contribution in [1.29, 1.82) is 0 Å². The van der Waals surface area contributed by atoms with E-state index in [1.54, 1.807) is 37.5 Å². The number of aromatic nitrogens is 1. The average Bonchev–Trinajstić information content (AvgIpc) is 2.52. The summed E-state index contributed by atoms with van der Waals surface area (Å²) in [7, 11) is 0. The van der Waals surface area contributed by atoms with E-state index >= 15 is 0 Å². The van der Waals surface area contributed by atoms with Crippen molar-refractivity contribution < 1.29 is 18.3 Å². The van der Waals surface area contributed by atoms with Crippen LogP contribution in [-0.2, 0) is 6.18 Å². The molecule has 2 aromatic rings. The molecule has 0 saturated heterocycles. The van der Waals surface area contributed by atoms with Gasteiger partial charge >= 0.3 is 6.18 Å². The fourth-order valence-corrected chi connectivity index (χ4v) is 2.17. The second-order valence-electron chi connectivity index (χ2n) is 5.09. The molecule has 0 saturated carbocycles. The highest BCUT2D eigenvalue weighted by Gasteiger charge is 2.31. The van der Waals surface area contributed by atoms with E-state index in [2.05, 4.69) is 10.3 Å². The third-order valence-electron chi connectivity index (χ3n) is 3.31. The molecule has 2 atom stereocenters. The summed E-state index contributed by atoms with van der Waals surface area (Å²) in [4.78, 5) is 3.92. The molecule has 3 nitrogen and oxygen atoms in total. The highest BCUT2D eigenvalue weighted by atomic mass is 19.4. The Hall–Kier alpha value is -1.92. The van der Waals surface area contributed by atoms with Crippen LogP contribution in [0.1, 0.15) is 29.7 Å². The zero-order valence-corrected chi connectivity index (χ0v) is 12.0. The zero-order valence-electron chi connectivity index (χ0n) is 12.0.